The van der Waals surface area contributed by atoms with Gasteiger partial charge in [0.2, 0.25) is 5.91 Å². The molecule has 4 rings (SSSR count). The van der Waals surface area contributed by atoms with Crippen molar-refractivity contribution in [2.45, 2.75) is 39.9 Å². The molecule has 152 valence electrons. The lowest BCUT2D eigenvalue weighted by Crippen LogP contribution is -2.27. The monoisotopic (exact) mass is 394 g/mol. The molecular formula is C21H26N6O2. The molecular weight excluding hydrogens is 368 g/mol. The zero-order valence-corrected chi connectivity index (χ0v) is 17.1. The van der Waals surface area contributed by atoms with Crippen LogP contribution in [0.4, 0.5) is 5.69 Å². The van der Waals surface area contributed by atoms with E-state index in [1.165, 1.54) is 39.3 Å². The van der Waals surface area contributed by atoms with Crippen molar-refractivity contribution in [2.24, 2.45) is 13.0 Å². The molecule has 2 aromatic heterocycles. The van der Waals surface area contributed by atoms with E-state index in [2.05, 4.69) is 40.2 Å². The van der Waals surface area contributed by atoms with Crippen molar-refractivity contribution in [1.82, 2.24) is 24.2 Å². The molecule has 3 heterocycles. The Kier molecular flexibility index (Phi) is 5.19. The number of hydrogen-bond donors (Lipinski definition) is 1. The molecule has 0 spiro atoms. The van der Waals surface area contributed by atoms with Gasteiger partial charge in [0.1, 0.15) is 18.3 Å². The van der Waals surface area contributed by atoms with E-state index in [-0.39, 0.29) is 18.0 Å². The molecule has 0 saturated carbocycles. The molecule has 8 heteroatoms. The molecule has 0 atom stereocenters. The quantitative estimate of drug-likeness (QED) is 0.692. The van der Waals surface area contributed by atoms with Crippen molar-refractivity contribution in [1.29, 1.82) is 0 Å². The highest BCUT2D eigenvalue weighted by molar-refractivity contribution is 5.90. The summed E-state index contributed by atoms with van der Waals surface area (Å²) in [4.78, 5) is 31.7. The summed E-state index contributed by atoms with van der Waals surface area (Å²) in [6.07, 6.45) is 4.05. The van der Waals surface area contributed by atoms with E-state index in [1.54, 1.807) is 7.05 Å². The summed E-state index contributed by atoms with van der Waals surface area (Å²) in [5, 5.41) is 7.35. The molecule has 0 fully saturated rings. The summed E-state index contributed by atoms with van der Waals surface area (Å²) in [5.74, 6) is 0.434. The number of anilines is 1. The van der Waals surface area contributed by atoms with Crippen molar-refractivity contribution in [2.75, 3.05) is 11.9 Å². The van der Waals surface area contributed by atoms with Crippen LogP contribution in [0.25, 0.3) is 11.0 Å². The van der Waals surface area contributed by atoms with E-state index in [0.29, 0.717) is 17.0 Å². The minimum atomic E-state index is -0.270. The first-order chi connectivity index (χ1) is 13.9. The largest absolute Gasteiger partial charge is 0.325 e. The van der Waals surface area contributed by atoms with Gasteiger partial charge < -0.3 is 5.32 Å². The standard InChI is InChI=1S/C21H26N6O2/c1-14(2)6-7-26-10-15-4-5-17(8-16(15)11-26)24-19(28)12-27-13-22-20-18(21(27)29)9-23-25(20)3/h4-5,8-9,13-14H,6-7,10-12H2,1-3H3,(H,24,28). The SMILES string of the molecule is CC(C)CCN1Cc2ccc(NC(=O)Cn3cnc4c(cnn4C)c3=O)cc2C1. The van der Waals surface area contributed by atoms with Crippen molar-refractivity contribution in [3.63, 3.8) is 0 Å². The predicted molar refractivity (Wildman–Crippen MR) is 111 cm³/mol. The summed E-state index contributed by atoms with van der Waals surface area (Å²) >= 11 is 0. The van der Waals surface area contributed by atoms with Crippen LogP contribution in [0.1, 0.15) is 31.4 Å². The van der Waals surface area contributed by atoms with Crippen LogP contribution in [-0.4, -0.2) is 36.7 Å². The molecule has 0 saturated heterocycles. The molecule has 1 aliphatic heterocycles. The highest BCUT2D eigenvalue weighted by atomic mass is 16.2. The Bertz CT molecular complexity index is 1110. The second-order valence-electron chi connectivity index (χ2n) is 8.11. The lowest BCUT2D eigenvalue weighted by atomic mass is 10.1. The fourth-order valence-corrected chi connectivity index (χ4v) is 3.68. The maximum Gasteiger partial charge on any atom is 0.264 e. The number of nitrogens with zero attached hydrogens (tertiary/aromatic N) is 5. The van der Waals surface area contributed by atoms with Gasteiger partial charge in [0, 0.05) is 25.8 Å². The van der Waals surface area contributed by atoms with E-state index >= 15 is 0 Å². The zero-order valence-electron chi connectivity index (χ0n) is 17.1. The Morgan fingerprint density at radius 3 is 2.83 bits per heavy atom. The lowest BCUT2D eigenvalue weighted by Gasteiger charge is -2.15. The zero-order chi connectivity index (χ0) is 20.5. The smallest absolute Gasteiger partial charge is 0.264 e. The Labute approximate surface area is 169 Å². The molecule has 29 heavy (non-hydrogen) atoms. The number of hydrogen-bond acceptors (Lipinski definition) is 5. The molecule has 1 aromatic carbocycles. The molecule has 1 aliphatic rings. The van der Waals surface area contributed by atoms with Crippen molar-refractivity contribution >= 4 is 22.6 Å². The maximum absolute atomic E-state index is 12.5. The number of fused-ring (bicyclic) bond motifs is 2. The van der Waals surface area contributed by atoms with Crippen LogP contribution < -0.4 is 10.9 Å². The third-order valence-corrected chi connectivity index (χ3v) is 5.33. The topological polar surface area (TPSA) is 85.1 Å². The van der Waals surface area contributed by atoms with Gasteiger partial charge in [-0.25, -0.2) is 4.98 Å². The first-order valence-electron chi connectivity index (χ1n) is 9.92. The first-order valence-corrected chi connectivity index (χ1v) is 9.92. The van der Waals surface area contributed by atoms with E-state index in [4.69, 9.17) is 0 Å². The fourth-order valence-electron chi connectivity index (χ4n) is 3.68. The van der Waals surface area contributed by atoms with Gasteiger partial charge >= 0.3 is 0 Å². The second-order valence-corrected chi connectivity index (χ2v) is 8.11. The summed E-state index contributed by atoms with van der Waals surface area (Å²) in [6.45, 7) is 7.35. The normalized spacial score (nSPS) is 13.9. The second kappa shape index (κ2) is 7.79. The minimum absolute atomic E-state index is 0.0890. The third kappa shape index (κ3) is 4.07. The maximum atomic E-state index is 12.5. The molecule has 0 aliphatic carbocycles. The van der Waals surface area contributed by atoms with Crippen LogP contribution >= 0.6 is 0 Å². The molecule has 0 bridgehead atoms. The third-order valence-electron chi connectivity index (χ3n) is 5.33. The van der Waals surface area contributed by atoms with E-state index in [0.717, 1.165) is 25.3 Å². The van der Waals surface area contributed by atoms with Crippen molar-refractivity contribution in [3.05, 3.63) is 52.2 Å². The molecule has 0 unspecified atom stereocenters. The Hall–Kier alpha value is -3.00. The van der Waals surface area contributed by atoms with E-state index < -0.39 is 0 Å². The molecule has 1 N–H and O–H groups in total. The van der Waals surface area contributed by atoms with Gasteiger partial charge in [0.05, 0.1) is 6.20 Å². The molecule has 0 radical (unpaired) electrons. The van der Waals surface area contributed by atoms with Gasteiger partial charge in [0.25, 0.3) is 5.56 Å². The predicted octanol–water partition coefficient (Wildman–Crippen LogP) is 2.13. The fraction of sp³-hybridized carbons (Fsp3) is 0.429. The Balaban J connectivity index is 1.42. The van der Waals surface area contributed by atoms with Gasteiger partial charge in [-0.3, -0.25) is 23.7 Å². The van der Waals surface area contributed by atoms with Gasteiger partial charge in [-0.2, -0.15) is 5.10 Å². The average Bonchev–Trinajstić information content (AvgIpc) is 3.25. The van der Waals surface area contributed by atoms with E-state index in [9.17, 15) is 9.59 Å². The van der Waals surface area contributed by atoms with Gasteiger partial charge in [-0.15, -0.1) is 0 Å². The summed E-state index contributed by atoms with van der Waals surface area (Å²) in [5.41, 5.74) is 3.56. The number of aryl methyl sites for hydroxylation is 1. The van der Waals surface area contributed by atoms with E-state index in [1.807, 2.05) is 12.1 Å². The number of amides is 1. The Morgan fingerprint density at radius 1 is 1.24 bits per heavy atom. The van der Waals surface area contributed by atoms with Crippen LogP contribution in [0.2, 0.25) is 0 Å². The van der Waals surface area contributed by atoms with Gasteiger partial charge in [-0.05, 0) is 42.1 Å². The van der Waals surface area contributed by atoms with Crippen molar-refractivity contribution < 1.29 is 4.79 Å². The summed E-state index contributed by atoms with van der Waals surface area (Å²) < 4.78 is 2.84. The highest BCUT2D eigenvalue weighted by Gasteiger charge is 2.19. The summed E-state index contributed by atoms with van der Waals surface area (Å²) in [6, 6.07) is 6.04. The number of carbonyl (C=O) groups is 1. The van der Waals surface area contributed by atoms with Crippen LogP contribution in [0, 0.1) is 5.92 Å². The highest BCUT2D eigenvalue weighted by Crippen LogP contribution is 2.26. The number of aromatic nitrogens is 4. The van der Waals surface area contributed by atoms with Gasteiger partial charge in [0.15, 0.2) is 5.65 Å². The number of rotatable bonds is 6. The number of benzene rings is 1. The number of nitrogens with one attached hydrogen (secondary N) is 1. The Morgan fingerprint density at radius 2 is 2.03 bits per heavy atom. The molecule has 8 nitrogen and oxygen atoms in total. The summed E-state index contributed by atoms with van der Waals surface area (Å²) in [7, 11) is 1.73. The first kappa shape index (κ1) is 19.3. The van der Waals surface area contributed by atoms with Gasteiger partial charge in [-0.1, -0.05) is 19.9 Å². The average molecular weight is 394 g/mol. The minimum Gasteiger partial charge on any atom is -0.325 e. The van der Waals surface area contributed by atoms with Crippen molar-refractivity contribution in [3.8, 4) is 0 Å². The lowest BCUT2D eigenvalue weighted by molar-refractivity contribution is -0.116. The van der Waals surface area contributed by atoms with Crippen LogP contribution in [0.5, 0.6) is 0 Å². The molecule has 3 aromatic rings. The number of carbonyl (C=O) groups excluding carboxylic acids is 1. The van der Waals surface area contributed by atoms with Crippen LogP contribution in [0.3, 0.4) is 0 Å². The molecule has 1 amide bonds. The van der Waals surface area contributed by atoms with Crippen LogP contribution in [-0.2, 0) is 31.5 Å². The van der Waals surface area contributed by atoms with Crippen LogP contribution in [0.15, 0.2) is 35.5 Å².